The highest BCUT2D eigenvalue weighted by Crippen LogP contribution is 2.63. The fraction of sp³-hybridized carbons (Fsp3) is 1.00. The standard InChI is InChI=1S/C11H21N/c1-10(2,3)9-7-11(9)5-4-6-12-8-11/h9,12H,4-8H2,1-3H3. The van der Waals surface area contributed by atoms with E-state index in [4.69, 9.17) is 0 Å². The molecule has 1 saturated heterocycles. The van der Waals surface area contributed by atoms with E-state index >= 15 is 0 Å². The molecule has 1 saturated carbocycles. The van der Waals surface area contributed by atoms with Gasteiger partial charge in [-0.1, -0.05) is 20.8 Å². The van der Waals surface area contributed by atoms with Crippen molar-refractivity contribution in [3.05, 3.63) is 0 Å². The van der Waals surface area contributed by atoms with Crippen molar-refractivity contribution in [1.29, 1.82) is 0 Å². The molecule has 2 aliphatic rings. The van der Waals surface area contributed by atoms with Gasteiger partial charge in [-0.2, -0.15) is 0 Å². The summed E-state index contributed by atoms with van der Waals surface area (Å²) in [6.45, 7) is 9.70. The minimum atomic E-state index is 0.541. The molecule has 0 bridgehead atoms. The quantitative estimate of drug-likeness (QED) is 0.584. The van der Waals surface area contributed by atoms with E-state index in [0.29, 0.717) is 5.41 Å². The molecule has 2 atom stereocenters. The van der Waals surface area contributed by atoms with Crippen molar-refractivity contribution in [1.82, 2.24) is 5.32 Å². The van der Waals surface area contributed by atoms with Crippen LogP contribution in [0.3, 0.4) is 0 Å². The van der Waals surface area contributed by atoms with E-state index in [0.717, 1.165) is 11.3 Å². The Morgan fingerprint density at radius 2 is 2.08 bits per heavy atom. The normalized spacial score (nSPS) is 41.8. The molecule has 0 aromatic carbocycles. The minimum absolute atomic E-state index is 0.541. The average Bonchev–Trinajstić information content (AvgIpc) is 2.65. The summed E-state index contributed by atoms with van der Waals surface area (Å²) >= 11 is 0. The molecule has 1 N–H and O–H groups in total. The van der Waals surface area contributed by atoms with Crippen LogP contribution in [-0.4, -0.2) is 13.1 Å². The van der Waals surface area contributed by atoms with E-state index in [9.17, 15) is 0 Å². The van der Waals surface area contributed by atoms with Crippen molar-refractivity contribution >= 4 is 0 Å². The Morgan fingerprint density at radius 3 is 2.50 bits per heavy atom. The third-order valence-electron chi connectivity index (χ3n) is 3.74. The van der Waals surface area contributed by atoms with Gasteiger partial charge >= 0.3 is 0 Å². The Bertz CT molecular complexity index is 172. The van der Waals surface area contributed by atoms with Crippen LogP contribution in [0.2, 0.25) is 0 Å². The van der Waals surface area contributed by atoms with Crippen LogP contribution >= 0.6 is 0 Å². The monoisotopic (exact) mass is 167 g/mol. The van der Waals surface area contributed by atoms with Crippen LogP contribution in [0.4, 0.5) is 0 Å². The Kier molecular flexibility index (Phi) is 1.76. The molecule has 1 aliphatic heterocycles. The first-order chi connectivity index (χ1) is 5.55. The molecule has 0 radical (unpaired) electrons. The molecule has 0 amide bonds. The van der Waals surface area contributed by atoms with Gasteiger partial charge in [0.15, 0.2) is 0 Å². The highest BCUT2D eigenvalue weighted by atomic mass is 14.9. The largest absolute Gasteiger partial charge is 0.316 e. The number of hydrogen-bond acceptors (Lipinski definition) is 1. The summed E-state index contributed by atoms with van der Waals surface area (Å²) in [7, 11) is 0. The fourth-order valence-corrected chi connectivity index (χ4v) is 3.04. The molecule has 2 unspecified atom stereocenters. The lowest BCUT2D eigenvalue weighted by atomic mass is 9.82. The number of piperidine rings is 1. The second-order valence-corrected chi connectivity index (χ2v) is 5.77. The van der Waals surface area contributed by atoms with Gasteiger partial charge in [-0.15, -0.1) is 0 Å². The lowest BCUT2D eigenvalue weighted by molar-refractivity contribution is 0.239. The van der Waals surface area contributed by atoms with Gasteiger partial charge in [-0.05, 0) is 42.6 Å². The molecule has 1 heteroatoms. The molecule has 1 spiro atoms. The SMILES string of the molecule is CC(C)(C)C1CC12CCCNC2. The predicted octanol–water partition coefficient (Wildman–Crippen LogP) is 2.42. The van der Waals surface area contributed by atoms with Gasteiger partial charge in [0, 0.05) is 6.54 Å². The molecule has 2 rings (SSSR count). The van der Waals surface area contributed by atoms with Gasteiger partial charge in [0.1, 0.15) is 0 Å². The number of rotatable bonds is 0. The highest BCUT2D eigenvalue weighted by Gasteiger charge is 2.58. The molecule has 70 valence electrons. The number of nitrogens with one attached hydrogen (secondary N) is 1. The summed E-state index contributed by atoms with van der Waals surface area (Å²) < 4.78 is 0. The topological polar surface area (TPSA) is 12.0 Å². The lowest BCUT2D eigenvalue weighted by Crippen LogP contribution is -2.34. The zero-order chi connectivity index (χ0) is 8.82. The molecule has 1 nitrogen and oxygen atoms in total. The second kappa shape index (κ2) is 2.47. The van der Waals surface area contributed by atoms with Crippen LogP contribution in [0.1, 0.15) is 40.0 Å². The summed E-state index contributed by atoms with van der Waals surface area (Å²) in [5.41, 5.74) is 1.26. The highest BCUT2D eigenvalue weighted by molar-refractivity contribution is 5.09. The van der Waals surface area contributed by atoms with Gasteiger partial charge in [-0.25, -0.2) is 0 Å². The first-order valence-corrected chi connectivity index (χ1v) is 5.25. The molecule has 12 heavy (non-hydrogen) atoms. The van der Waals surface area contributed by atoms with Crippen LogP contribution in [0.15, 0.2) is 0 Å². The fourth-order valence-electron chi connectivity index (χ4n) is 3.04. The zero-order valence-electron chi connectivity index (χ0n) is 8.61. The van der Waals surface area contributed by atoms with Gasteiger partial charge in [0.2, 0.25) is 0 Å². The van der Waals surface area contributed by atoms with Gasteiger partial charge in [0.25, 0.3) is 0 Å². The maximum Gasteiger partial charge on any atom is 0.00108 e. The van der Waals surface area contributed by atoms with Crippen LogP contribution in [0, 0.1) is 16.7 Å². The van der Waals surface area contributed by atoms with E-state index in [1.54, 1.807) is 0 Å². The Hall–Kier alpha value is -0.0400. The molecular formula is C11H21N. The third-order valence-corrected chi connectivity index (χ3v) is 3.74. The molecule has 0 aromatic rings. The van der Waals surface area contributed by atoms with Crippen molar-refractivity contribution in [2.75, 3.05) is 13.1 Å². The maximum absolute atomic E-state index is 3.54. The Morgan fingerprint density at radius 1 is 1.33 bits per heavy atom. The minimum Gasteiger partial charge on any atom is -0.316 e. The average molecular weight is 167 g/mol. The zero-order valence-corrected chi connectivity index (χ0v) is 8.61. The summed E-state index contributed by atoms with van der Waals surface area (Å²) in [5, 5.41) is 3.54. The summed E-state index contributed by atoms with van der Waals surface area (Å²) in [6, 6.07) is 0. The Labute approximate surface area is 75.9 Å². The van der Waals surface area contributed by atoms with Crippen LogP contribution in [-0.2, 0) is 0 Å². The summed E-state index contributed by atoms with van der Waals surface area (Å²) in [6.07, 6.45) is 4.35. The summed E-state index contributed by atoms with van der Waals surface area (Å²) in [5.74, 6) is 0.984. The predicted molar refractivity (Wildman–Crippen MR) is 52.1 cm³/mol. The van der Waals surface area contributed by atoms with Crippen molar-refractivity contribution in [3.63, 3.8) is 0 Å². The maximum atomic E-state index is 3.54. The van der Waals surface area contributed by atoms with Gasteiger partial charge in [0.05, 0.1) is 0 Å². The van der Waals surface area contributed by atoms with E-state index in [1.165, 1.54) is 32.4 Å². The molecule has 2 fully saturated rings. The summed E-state index contributed by atoms with van der Waals surface area (Å²) in [4.78, 5) is 0. The first-order valence-electron chi connectivity index (χ1n) is 5.25. The van der Waals surface area contributed by atoms with E-state index in [1.807, 2.05) is 0 Å². The second-order valence-electron chi connectivity index (χ2n) is 5.77. The smallest absolute Gasteiger partial charge is 0.00108 e. The lowest BCUT2D eigenvalue weighted by Gasteiger charge is -2.28. The van der Waals surface area contributed by atoms with E-state index in [-0.39, 0.29) is 0 Å². The molecule has 1 aliphatic carbocycles. The van der Waals surface area contributed by atoms with Gasteiger partial charge < -0.3 is 5.32 Å². The van der Waals surface area contributed by atoms with Crippen LogP contribution in [0.25, 0.3) is 0 Å². The third kappa shape index (κ3) is 1.28. The van der Waals surface area contributed by atoms with Gasteiger partial charge in [-0.3, -0.25) is 0 Å². The number of hydrogen-bond donors (Lipinski definition) is 1. The van der Waals surface area contributed by atoms with Crippen molar-refractivity contribution < 1.29 is 0 Å². The molecule has 0 aromatic heterocycles. The van der Waals surface area contributed by atoms with Crippen LogP contribution in [0.5, 0.6) is 0 Å². The van der Waals surface area contributed by atoms with E-state index in [2.05, 4.69) is 26.1 Å². The van der Waals surface area contributed by atoms with Crippen LogP contribution < -0.4 is 5.32 Å². The van der Waals surface area contributed by atoms with Crippen molar-refractivity contribution in [2.24, 2.45) is 16.7 Å². The van der Waals surface area contributed by atoms with E-state index < -0.39 is 0 Å². The molecular weight excluding hydrogens is 146 g/mol. The van der Waals surface area contributed by atoms with Crippen molar-refractivity contribution in [2.45, 2.75) is 40.0 Å². The first kappa shape index (κ1) is 8.55. The Balaban J connectivity index is 1.99. The molecule has 1 heterocycles. The van der Waals surface area contributed by atoms with Crippen molar-refractivity contribution in [3.8, 4) is 0 Å².